The van der Waals surface area contributed by atoms with Crippen LogP contribution in [-0.4, -0.2) is 0 Å². The van der Waals surface area contributed by atoms with Crippen LogP contribution in [0.5, 0.6) is 0 Å². The topological polar surface area (TPSA) is 0 Å². The van der Waals surface area contributed by atoms with Crippen molar-refractivity contribution in [3.8, 4) is 0 Å². The molecule has 0 heterocycles. The molecule has 0 saturated carbocycles. The molecule has 0 aliphatic carbocycles. The van der Waals surface area contributed by atoms with Crippen molar-refractivity contribution in [1.29, 1.82) is 0 Å². The summed E-state index contributed by atoms with van der Waals surface area (Å²) in [6.07, 6.45) is 6.59. The highest BCUT2D eigenvalue weighted by Crippen LogP contribution is 2.42. The predicted octanol–water partition coefficient (Wildman–Crippen LogP) is 7.18. The van der Waals surface area contributed by atoms with E-state index in [1.54, 1.807) is 0 Å². The highest BCUT2D eigenvalue weighted by atomic mass is 14.3. The van der Waals surface area contributed by atoms with Crippen molar-refractivity contribution in [1.82, 2.24) is 0 Å². The van der Waals surface area contributed by atoms with Gasteiger partial charge in [0.2, 0.25) is 0 Å². The maximum atomic E-state index is 2.42. The molecule has 0 nitrogen and oxygen atoms in total. The van der Waals surface area contributed by atoms with Crippen LogP contribution >= 0.6 is 0 Å². The minimum Gasteiger partial charge on any atom is -0.0654 e. The number of hydrogen-bond acceptors (Lipinski definition) is 0. The second-order valence-electron chi connectivity index (χ2n) is 6.83. The molecule has 2 rings (SSSR count). The van der Waals surface area contributed by atoms with Gasteiger partial charge in [0.05, 0.1) is 0 Å². The summed E-state index contributed by atoms with van der Waals surface area (Å²) in [5.74, 6) is 1.95. The lowest BCUT2D eigenvalue weighted by atomic mass is 9.71. The van der Waals surface area contributed by atoms with Gasteiger partial charge in [0.15, 0.2) is 0 Å². The summed E-state index contributed by atoms with van der Waals surface area (Å²) in [4.78, 5) is 0. The minimum atomic E-state index is 0.562. The van der Waals surface area contributed by atoms with E-state index < -0.39 is 0 Å². The predicted molar refractivity (Wildman–Crippen MR) is 102 cm³/mol. The van der Waals surface area contributed by atoms with Gasteiger partial charge >= 0.3 is 0 Å². The summed E-state index contributed by atoms with van der Waals surface area (Å²) < 4.78 is 0. The molecule has 3 unspecified atom stereocenters. The fourth-order valence-corrected chi connectivity index (χ4v) is 3.95. The summed E-state index contributed by atoms with van der Waals surface area (Å²) in [5.41, 5.74) is 2.98. The van der Waals surface area contributed by atoms with E-state index in [2.05, 4.69) is 81.4 Å². The van der Waals surface area contributed by atoms with Crippen molar-refractivity contribution in [2.24, 2.45) is 5.92 Å². The third-order valence-corrected chi connectivity index (χ3v) is 5.14. The molecule has 0 bridgehead atoms. The quantitative estimate of drug-likeness (QED) is 0.460. The molecule has 0 radical (unpaired) electrons. The standard InChI is InChI=1S/C23H32/c1-4-6-14-21(13-5-2)23(22-17-11-8-12-18-22)19(3)20-15-9-7-10-16-20/h7-12,15-19,21,23H,4-6,13-14H2,1-3H3. The van der Waals surface area contributed by atoms with Gasteiger partial charge in [-0.2, -0.15) is 0 Å². The second-order valence-corrected chi connectivity index (χ2v) is 6.83. The molecule has 0 aliphatic heterocycles. The van der Waals surface area contributed by atoms with Crippen LogP contribution < -0.4 is 0 Å². The van der Waals surface area contributed by atoms with Gasteiger partial charge in [-0.1, -0.05) is 107 Å². The first-order chi connectivity index (χ1) is 11.3. The van der Waals surface area contributed by atoms with Gasteiger partial charge in [-0.3, -0.25) is 0 Å². The van der Waals surface area contributed by atoms with Crippen LogP contribution in [0.25, 0.3) is 0 Å². The van der Waals surface area contributed by atoms with E-state index in [9.17, 15) is 0 Å². The largest absolute Gasteiger partial charge is 0.0654 e. The fourth-order valence-electron chi connectivity index (χ4n) is 3.95. The molecular weight excluding hydrogens is 276 g/mol. The Bertz CT molecular complexity index is 528. The maximum absolute atomic E-state index is 2.42. The van der Waals surface area contributed by atoms with Crippen LogP contribution in [0, 0.1) is 5.92 Å². The van der Waals surface area contributed by atoms with Gasteiger partial charge in [0.25, 0.3) is 0 Å². The normalized spacial score (nSPS) is 15.1. The number of rotatable bonds is 9. The molecule has 0 aliphatic rings. The highest BCUT2D eigenvalue weighted by molar-refractivity contribution is 5.28. The molecule has 0 N–H and O–H groups in total. The molecule has 0 saturated heterocycles. The molecule has 23 heavy (non-hydrogen) atoms. The molecule has 124 valence electrons. The Labute approximate surface area is 143 Å². The molecule has 0 heteroatoms. The zero-order valence-corrected chi connectivity index (χ0v) is 15.0. The minimum absolute atomic E-state index is 0.562. The summed E-state index contributed by atoms with van der Waals surface area (Å²) in [5, 5.41) is 0. The lowest BCUT2D eigenvalue weighted by Crippen LogP contribution is -2.19. The monoisotopic (exact) mass is 308 g/mol. The Hall–Kier alpha value is -1.56. The fraction of sp³-hybridized carbons (Fsp3) is 0.478. The molecule has 3 atom stereocenters. The molecule has 0 spiro atoms. The molecular formula is C23H32. The average Bonchev–Trinajstić information content (AvgIpc) is 2.61. The van der Waals surface area contributed by atoms with E-state index in [1.807, 2.05) is 0 Å². The lowest BCUT2D eigenvalue weighted by molar-refractivity contribution is 0.325. The maximum Gasteiger partial charge on any atom is -0.00674 e. The van der Waals surface area contributed by atoms with Gasteiger partial charge in [0, 0.05) is 0 Å². The highest BCUT2D eigenvalue weighted by Gasteiger charge is 2.28. The number of unbranched alkanes of at least 4 members (excludes halogenated alkanes) is 1. The Balaban J connectivity index is 2.34. The van der Waals surface area contributed by atoms with Crippen LogP contribution in [0.2, 0.25) is 0 Å². The van der Waals surface area contributed by atoms with Crippen LogP contribution in [-0.2, 0) is 0 Å². The van der Waals surface area contributed by atoms with Crippen molar-refractivity contribution in [3.63, 3.8) is 0 Å². The summed E-state index contributed by atoms with van der Waals surface area (Å²) in [6.45, 7) is 7.05. The SMILES string of the molecule is CCCCC(CCC)C(c1ccccc1)C(C)c1ccccc1. The van der Waals surface area contributed by atoms with Gasteiger partial charge in [-0.25, -0.2) is 0 Å². The van der Waals surface area contributed by atoms with E-state index in [1.165, 1.54) is 43.2 Å². The summed E-state index contributed by atoms with van der Waals surface area (Å²) >= 11 is 0. The Kier molecular flexibility index (Phi) is 7.39. The second kappa shape index (κ2) is 9.55. The van der Waals surface area contributed by atoms with Gasteiger partial charge in [-0.05, 0) is 35.3 Å². The molecule has 2 aromatic carbocycles. The van der Waals surface area contributed by atoms with E-state index >= 15 is 0 Å². The van der Waals surface area contributed by atoms with Gasteiger partial charge in [0.1, 0.15) is 0 Å². The average molecular weight is 309 g/mol. The molecule has 2 aromatic rings. The van der Waals surface area contributed by atoms with Crippen LogP contribution in [0.4, 0.5) is 0 Å². The van der Waals surface area contributed by atoms with Crippen LogP contribution in [0.15, 0.2) is 60.7 Å². The molecule has 0 fully saturated rings. The first kappa shape index (κ1) is 17.8. The van der Waals surface area contributed by atoms with Crippen molar-refractivity contribution in [2.45, 2.75) is 64.7 Å². The first-order valence-electron chi connectivity index (χ1n) is 9.37. The van der Waals surface area contributed by atoms with Crippen LogP contribution in [0.1, 0.15) is 75.8 Å². The van der Waals surface area contributed by atoms with Crippen molar-refractivity contribution in [2.75, 3.05) is 0 Å². The van der Waals surface area contributed by atoms with Crippen molar-refractivity contribution < 1.29 is 0 Å². The van der Waals surface area contributed by atoms with E-state index in [0.717, 1.165) is 5.92 Å². The van der Waals surface area contributed by atoms with E-state index in [0.29, 0.717) is 11.8 Å². The Morgan fingerprint density at radius 3 is 1.78 bits per heavy atom. The van der Waals surface area contributed by atoms with Crippen molar-refractivity contribution in [3.05, 3.63) is 71.8 Å². The first-order valence-corrected chi connectivity index (χ1v) is 9.37. The van der Waals surface area contributed by atoms with Crippen molar-refractivity contribution >= 4 is 0 Å². The Morgan fingerprint density at radius 1 is 0.696 bits per heavy atom. The van der Waals surface area contributed by atoms with E-state index in [4.69, 9.17) is 0 Å². The van der Waals surface area contributed by atoms with Gasteiger partial charge < -0.3 is 0 Å². The lowest BCUT2D eigenvalue weighted by Gasteiger charge is -2.33. The molecule has 0 amide bonds. The van der Waals surface area contributed by atoms with Crippen LogP contribution in [0.3, 0.4) is 0 Å². The smallest absolute Gasteiger partial charge is 0.00674 e. The van der Waals surface area contributed by atoms with Gasteiger partial charge in [-0.15, -0.1) is 0 Å². The molecule has 0 aromatic heterocycles. The zero-order valence-electron chi connectivity index (χ0n) is 15.0. The third kappa shape index (κ3) is 4.96. The third-order valence-electron chi connectivity index (χ3n) is 5.14. The summed E-state index contributed by atoms with van der Waals surface area (Å²) in [6, 6.07) is 22.3. The zero-order chi connectivity index (χ0) is 16.5. The summed E-state index contributed by atoms with van der Waals surface area (Å²) in [7, 11) is 0. The number of hydrogen-bond donors (Lipinski definition) is 0. The Morgan fingerprint density at radius 2 is 1.26 bits per heavy atom. The number of benzene rings is 2. The van der Waals surface area contributed by atoms with E-state index in [-0.39, 0.29) is 0 Å².